The van der Waals surface area contributed by atoms with Gasteiger partial charge in [-0.25, -0.2) is 0 Å². The van der Waals surface area contributed by atoms with Crippen LogP contribution in [0.15, 0.2) is 46.9 Å². The van der Waals surface area contributed by atoms with Crippen molar-refractivity contribution in [2.45, 2.75) is 51.6 Å². The summed E-state index contributed by atoms with van der Waals surface area (Å²) in [6, 6.07) is 12.6. The quantitative estimate of drug-likeness (QED) is 0.380. The number of hydrogen-bond donors (Lipinski definition) is 1. The van der Waals surface area contributed by atoms with Crippen LogP contribution in [0.4, 0.5) is 0 Å². The first-order chi connectivity index (χ1) is 14.7. The van der Waals surface area contributed by atoms with Gasteiger partial charge in [0.1, 0.15) is 6.04 Å². The summed E-state index contributed by atoms with van der Waals surface area (Å²) in [4.78, 5) is 27.5. The highest BCUT2D eigenvalue weighted by molar-refractivity contribution is 9.10. The van der Waals surface area contributed by atoms with E-state index in [2.05, 4.69) is 21.2 Å². The molecule has 0 aliphatic rings. The summed E-state index contributed by atoms with van der Waals surface area (Å²) in [5, 5.41) is 3.91. The van der Waals surface area contributed by atoms with E-state index in [9.17, 15) is 9.59 Å². The first kappa shape index (κ1) is 26.0. The predicted octanol–water partition coefficient (Wildman–Crippen LogP) is 6.32. The molecule has 0 heterocycles. The van der Waals surface area contributed by atoms with Crippen LogP contribution in [0.2, 0.25) is 10.0 Å². The van der Waals surface area contributed by atoms with E-state index in [-0.39, 0.29) is 30.2 Å². The van der Waals surface area contributed by atoms with Crippen LogP contribution in [-0.4, -0.2) is 34.6 Å². The van der Waals surface area contributed by atoms with Gasteiger partial charge in [-0.1, -0.05) is 64.3 Å². The van der Waals surface area contributed by atoms with Gasteiger partial charge < -0.3 is 10.2 Å². The summed E-state index contributed by atoms with van der Waals surface area (Å²) in [6.07, 6.45) is 0.811. The molecule has 0 spiro atoms. The lowest BCUT2D eigenvalue weighted by molar-refractivity contribution is -0.138. The number of carbonyl (C=O) groups is 2. The van der Waals surface area contributed by atoms with E-state index in [1.165, 1.54) is 11.8 Å². The minimum absolute atomic E-state index is 0.0302. The van der Waals surface area contributed by atoms with Gasteiger partial charge in [0.05, 0.1) is 5.75 Å². The first-order valence-electron chi connectivity index (χ1n) is 10.1. The standard InChI is InChI=1S/C23H27BrCl2N2O2S/c1-4-15(2)27-23(30)16(3)28(12-19-20(25)6-5-7-21(19)26)22(29)14-31-13-17-8-10-18(24)11-9-17/h5-11,15-16H,4,12-14H2,1-3H3,(H,27,30). The summed E-state index contributed by atoms with van der Waals surface area (Å²) < 4.78 is 1.02. The summed E-state index contributed by atoms with van der Waals surface area (Å²) in [5.74, 6) is 0.625. The first-order valence-corrected chi connectivity index (χ1v) is 12.8. The Bertz CT molecular complexity index is 875. The van der Waals surface area contributed by atoms with Gasteiger partial charge in [-0.15, -0.1) is 11.8 Å². The van der Waals surface area contributed by atoms with Gasteiger partial charge in [0.15, 0.2) is 0 Å². The molecule has 0 aliphatic carbocycles. The van der Waals surface area contributed by atoms with Crippen molar-refractivity contribution in [3.8, 4) is 0 Å². The molecule has 0 saturated carbocycles. The molecular weight excluding hydrogens is 519 g/mol. The van der Waals surface area contributed by atoms with E-state index in [0.29, 0.717) is 21.4 Å². The van der Waals surface area contributed by atoms with Gasteiger partial charge in [-0.05, 0) is 50.1 Å². The number of hydrogen-bond acceptors (Lipinski definition) is 3. The van der Waals surface area contributed by atoms with Gasteiger partial charge in [0, 0.05) is 38.4 Å². The van der Waals surface area contributed by atoms with Crippen molar-refractivity contribution >= 4 is 62.7 Å². The van der Waals surface area contributed by atoms with E-state index in [1.54, 1.807) is 30.0 Å². The number of carbonyl (C=O) groups excluding carboxylic acids is 2. The number of nitrogens with one attached hydrogen (secondary N) is 1. The molecule has 31 heavy (non-hydrogen) atoms. The molecule has 8 heteroatoms. The highest BCUT2D eigenvalue weighted by atomic mass is 79.9. The highest BCUT2D eigenvalue weighted by Crippen LogP contribution is 2.27. The van der Waals surface area contributed by atoms with Gasteiger partial charge in [0.25, 0.3) is 0 Å². The largest absolute Gasteiger partial charge is 0.352 e. The van der Waals surface area contributed by atoms with Crippen LogP contribution in [0.1, 0.15) is 38.3 Å². The molecule has 0 bridgehead atoms. The second-order valence-corrected chi connectivity index (χ2v) is 10.1. The van der Waals surface area contributed by atoms with Crippen molar-refractivity contribution < 1.29 is 9.59 Å². The van der Waals surface area contributed by atoms with Crippen molar-refractivity contribution in [3.05, 3.63) is 68.1 Å². The molecule has 2 rings (SSSR count). The highest BCUT2D eigenvalue weighted by Gasteiger charge is 2.27. The topological polar surface area (TPSA) is 49.4 Å². The Morgan fingerprint density at radius 1 is 1.10 bits per heavy atom. The minimum atomic E-state index is -0.651. The Morgan fingerprint density at radius 2 is 1.71 bits per heavy atom. The van der Waals surface area contributed by atoms with Crippen LogP contribution in [0.5, 0.6) is 0 Å². The van der Waals surface area contributed by atoms with Crippen LogP contribution in [0, 0.1) is 0 Å². The van der Waals surface area contributed by atoms with Gasteiger partial charge in [0.2, 0.25) is 11.8 Å². The third-order valence-corrected chi connectivity index (χ3v) is 7.19. The minimum Gasteiger partial charge on any atom is -0.352 e. The molecule has 2 atom stereocenters. The molecule has 0 fully saturated rings. The zero-order chi connectivity index (χ0) is 23.0. The van der Waals surface area contributed by atoms with E-state index in [4.69, 9.17) is 23.2 Å². The maximum atomic E-state index is 13.1. The normalized spacial score (nSPS) is 12.8. The molecule has 0 radical (unpaired) electrons. The average molecular weight is 546 g/mol. The molecule has 1 N–H and O–H groups in total. The zero-order valence-corrected chi connectivity index (χ0v) is 21.7. The maximum absolute atomic E-state index is 13.1. The fourth-order valence-electron chi connectivity index (χ4n) is 2.82. The van der Waals surface area contributed by atoms with Gasteiger partial charge >= 0.3 is 0 Å². The number of nitrogens with zero attached hydrogens (tertiary/aromatic N) is 1. The van der Waals surface area contributed by atoms with Crippen LogP contribution < -0.4 is 5.32 Å². The monoisotopic (exact) mass is 544 g/mol. The van der Waals surface area contributed by atoms with Crippen molar-refractivity contribution in [3.63, 3.8) is 0 Å². The van der Waals surface area contributed by atoms with Crippen LogP contribution in [0.3, 0.4) is 0 Å². The lowest BCUT2D eigenvalue weighted by Gasteiger charge is -2.30. The molecule has 2 aromatic carbocycles. The summed E-state index contributed by atoms with van der Waals surface area (Å²) in [7, 11) is 0. The molecule has 0 aliphatic heterocycles. The second kappa shape index (κ2) is 12.7. The molecule has 2 aromatic rings. The summed E-state index contributed by atoms with van der Waals surface area (Å²) >= 11 is 17.6. The summed E-state index contributed by atoms with van der Waals surface area (Å²) in [6.45, 7) is 5.85. The fourth-order valence-corrected chi connectivity index (χ4v) is 4.47. The van der Waals surface area contributed by atoms with Gasteiger partial charge in [-0.2, -0.15) is 0 Å². The van der Waals surface area contributed by atoms with E-state index >= 15 is 0 Å². The maximum Gasteiger partial charge on any atom is 0.242 e. The summed E-state index contributed by atoms with van der Waals surface area (Å²) in [5.41, 5.74) is 1.77. The average Bonchev–Trinajstić information content (AvgIpc) is 2.74. The number of benzene rings is 2. The molecule has 4 nitrogen and oxygen atoms in total. The van der Waals surface area contributed by atoms with Crippen LogP contribution >= 0.6 is 50.9 Å². The van der Waals surface area contributed by atoms with Crippen LogP contribution in [-0.2, 0) is 21.9 Å². The molecule has 168 valence electrons. The Morgan fingerprint density at radius 3 is 2.29 bits per heavy atom. The Hall–Kier alpha value is -1.21. The molecule has 2 amide bonds. The number of halogens is 3. The smallest absolute Gasteiger partial charge is 0.242 e. The Kier molecular flexibility index (Phi) is 10.7. The van der Waals surface area contributed by atoms with Crippen molar-refractivity contribution in [2.24, 2.45) is 0 Å². The van der Waals surface area contributed by atoms with Crippen LogP contribution in [0.25, 0.3) is 0 Å². The van der Waals surface area contributed by atoms with Gasteiger partial charge in [-0.3, -0.25) is 9.59 Å². The third-order valence-electron chi connectivity index (χ3n) is 4.97. The number of thioether (sulfide) groups is 1. The number of amides is 2. The fraction of sp³-hybridized carbons (Fsp3) is 0.391. The van der Waals surface area contributed by atoms with Crippen molar-refractivity contribution in [2.75, 3.05) is 5.75 Å². The van der Waals surface area contributed by atoms with E-state index < -0.39 is 6.04 Å². The molecule has 2 unspecified atom stereocenters. The zero-order valence-electron chi connectivity index (χ0n) is 17.8. The van der Waals surface area contributed by atoms with Crippen molar-refractivity contribution in [1.29, 1.82) is 0 Å². The second-order valence-electron chi connectivity index (χ2n) is 7.33. The third kappa shape index (κ3) is 8.01. The molecular formula is C23H27BrCl2N2O2S. The SMILES string of the molecule is CCC(C)NC(=O)C(C)N(Cc1c(Cl)cccc1Cl)C(=O)CSCc1ccc(Br)cc1. The predicted molar refractivity (Wildman–Crippen MR) is 135 cm³/mol. The number of rotatable bonds is 10. The lowest BCUT2D eigenvalue weighted by atomic mass is 10.1. The van der Waals surface area contributed by atoms with E-state index in [0.717, 1.165) is 16.5 Å². The molecule has 0 saturated heterocycles. The molecule has 0 aromatic heterocycles. The van der Waals surface area contributed by atoms with Crippen molar-refractivity contribution in [1.82, 2.24) is 10.2 Å². The van der Waals surface area contributed by atoms with E-state index in [1.807, 2.05) is 38.1 Å². The lowest BCUT2D eigenvalue weighted by Crippen LogP contribution is -2.50. The Labute approximate surface area is 207 Å². The Balaban J connectivity index is 2.14.